The first kappa shape index (κ1) is 95.3. The molecule has 122 heavy (non-hydrogen) atoms. The standard InChI is InChI=1S/C23H23N3O5S.C22H20N4O5S.C21H20N2O4S.C20H17N3O4S.2ClH/c1-15-10-12-16(13-11-15)32(29,30)20-9-5-7-18(25-21(27)14-24)22(20)23(28)26-17-6-3-4-8-19(17)31-2;1-31-18-7-3-2-5-16(18)25-22(28)21-17(24-20(27)13-23)6-4-8-19(21)32-15-11-9-14(10-12-15)26(29)30;1-14-10-12-15(13-11-14)28(25,26)19-9-5-6-16(22)20(19)21(24)23-17-7-3-4-8-18(17)27-2;1-27-17-7-3-2-6-16(17)22-20(24)19-15(21)5-4-8-18(19)28-14-11-9-13(10-12-14)23(25)26;;/h3-13H,14,24H2,1-2H3,(H,25,27)(H,26,28);2-12H,13,23H2,1H3,(H,24,27)(H,25,28);3-13H,22H2,1-2H3,(H,23,24);2-12H,21H2,1H3,(H,22,24);2*1H. The van der Waals surface area contributed by atoms with Crippen molar-refractivity contribution in [3.05, 3.63) is 321 Å². The van der Waals surface area contributed by atoms with Crippen LogP contribution in [0.15, 0.2) is 306 Å². The highest BCUT2D eigenvalue weighted by atomic mass is 35.5. The lowest BCUT2D eigenvalue weighted by Crippen LogP contribution is -2.25. The van der Waals surface area contributed by atoms with Crippen LogP contribution in [0.1, 0.15) is 52.6 Å². The molecule has 0 bridgehead atoms. The number of nitro groups is 2. The first-order valence-corrected chi connectivity index (χ1v) is 40.4. The average Bonchev–Trinajstić information content (AvgIpc) is 0.772. The highest BCUT2D eigenvalue weighted by Gasteiger charge is 2.31. The second-order valence-corrected chi connectivity index (χ2v) is 31.3. The molecule has 12 aromatic rings. The van der Waals surface area contributed by atoms with Crippen LogP contribution < -0.4 is 73.8 Å². The molecular weight excluding hydrogens is 1690 g/mol. The lowest BCUT2D eigenvalue weighted by atomic mass is 10.1. The molecule has 30 nitrogen and oxygen atoms in total. The van der Waals surface area contributed by atoms with Gasteiger partial charge in [0.2, 0.25) is 31.5 Å². The molecule has 0 saturated heterocycles. The molecule has 0 spiro atoms. The number of nitrogens with zero attached hydrogens (tertiary/aromatic N) is 2. The summed E-state index contributed by atoms with van der Waals surface area (Å²) < 4.78 is 74.1. The van der Waals surface area contributed by atoms with Crippen molar-refractivity contribution in [3.8, 4) is 23.0 Å². The number of carbonyl (C=O) groups is 6. The van der Waals surface area contributed by atoms with Crippen molar-refractivity contribution in [2.75, 3.05) is 84.9 Å². The minimum absolute atomic E-state index is 0. The number of non-ortho nitro benzene ring substituents is 2. The van der Waals surface area contributed by atoms with E-state index < -0.39 is 59.1 Å². The molecule has 0 aliphatic rings. The van der Waals surface area contributed by atoms with Crippen LogP contribution >= 0.6 is 48.3 Å². The lowest BCUT2D eigenvalue weighted by molar-refractivity contribution is -0.385. The van der Waals surface area contributed by atoms with Crippen molar-refractivity contribution in [1.29, 1.82) is 0 Å². The third kappa shape index (κ3) is 24.7. The number of para-hydroxylation sites is 8. The van der Waals surface area contributed by atoms with Crippen LogP contribution in [-0.2, 0) is 29.3 Å². The number of methoxy groups -OCH3 is 4. The number of sulfone groups is 2. The van der Waals surface area contributed by atoms with Gasteiger partial charge in [0.1, 0.15) is 23.0 Å². The molecule has 12 aromatic carbocycles. The van der Waals surface area contributed by atoms with Crippen molar-refractivity contribution in [2.24, 2.45) is 11.5 Å². The number of nitrogen functional groups attached to an aromatic ring is 2. The molecule has 12 rings (SSSR count). The molecule has 0 heterocycles. The zero-order valence-corrected chi connectivity index (χ0v) is 70.7. The zero-order chi connectivity index (χ0) is 86.8. The van der Waals surface area contributed by atoms with Gasteiger partial charge in [-0.2, -0.15) is 0 Å². The second-order valence-electron chi connectivity index (χ2n) is 25.3. The van der Waals surface area contributed by atoms with Crippen molar-refractivity contribution in [2.45, 2.75) is 53.0 Å². The number of ether oxygens (including phenoxy) is 4. The van der Waals surface area contributed by atoms with Crippen LogP contribution in [0.25, 0.3) is 0 Å². The maximum absolute atomic E-state index is 13.4. The fourth-order valence-corrected chi connectivity index (χ4v) is 16.2. The van der Waals surface area contributed by atoms with E-state index in [9.17, 15) is 65.8 Å². The van der Waals surface area contributed by atoms with E-state index in [1.165, 1.54) is 137 Å². The van der Waals surface area contributed by atoms with Crippen LogP contribution in [-0.4, -0.2) is 104 Å². The second kappa shape index (κ2) is 44.8. The van der Waals surface area contributed by atoms with Gasteiger partial charge in [-0.15, -0.1) is 24.8 Å². The summed E-state index contributed by atoms with van der Waals surface area (Å²) in [5.41, 5.74) is 27.4. The summed E-state index contributed by atoms with van der Waals surface area (Å²) in [5, 5.41) is 37.8. The first-order valence-electron chi connectivity index (χ1n) is 35.8. The van der Waals surface area contributed by atoms with Gasteiger partial charge in [-0.3, -0.25) is 49.0 Å². The Labute approximate surface area is 722 Å². The number of nitro benzene ring substituents is 2. The molecule has 14 N–H and O–H groups in total. The summed E-state index contributed by atoms with van der Waals surface area (Å²) in [6, 6.07) is 71.1. The summed E-state index contributed by atoms with van der Waals surface area (Å²) >= 11 is 2.54. The van der Waals surface area contributed by atoms with Crippen LogP contribution in [0.4, 0.5) is 56.9 Å². The van der Waals surface area contributed by atoms with Gasteiger partial charge >= 0.3 is 0 Å². The minimum Gasteiger partial charge on any atom is -0.495 e. The van der Waals surface area contributed by atoms with E-state index in [1.54, 1.807) is 182 Å². The van der Waals surface area contributed by atoms with Gasteiger partial charge in [-0.25, -0.2) is 16.8 Å². The highest BCUT2D eigenvalue weighted by Crippen LogP contribution is 2.40. The summed E-state index contributed by atoms with van der Waals surface area (Å²) in [6.45, 7) is 3.13. The Morgan fingerprint density at radius 1 is 0.344 bits per heavy atom. The number of nitrogens with two attached hydrogens (primary N) is 4. The predicted octanol–water partition coefficient (Wildman–Crippen LogP) is 16.0. The molecule has 0 fully saturated rings. The number of hydrogen-bond acceptors (Lipinski definition) is 24. The van der Waals surface area contributed by atoms with Gasteiger partial charge in [0.05, 0.1) is 127 Å². The number of carbonyl (C=O) groups excluding carboxylic acids is 6. The summed E-state index contributed by atoms with van der Waals surface area (Å²) in [5.74, 6) is -1.35. The van der Waals surface area contributed by atoms with E-state index in [1.807, 2.05) is 13.8 Å². The van der Waals surface area contributed by atoms with Crippen molar-refractivity contribution in [3.63, 3.8) is 0 Å². The van der Waals surface area contributed by atoms with Crippen LogP contribution in [0.2, 0.25) is 0 Å². The molecule has 36 heteroatoms. The molecule has 0 aliphatic carbocycles. The quantitative estimate of drug-likeness (QED) is 0.0137. The number of nitrogens with one attached hydrogen (secondary N) is 6. The molecule has 6 amide bonds. The van der Waals surface area contributed by atoms with Crippen molar-refractivity contribution in [1.82, 2.24) is 0 Å². The number of hydrogen-bond donors (Lipinski definition) is 10. The fraction of sp³-hybridized carbons (Fsp3) is 0.0930. The number of aryl methyl sites for hydroxylation is 2. The molecule has 0 atom stereocenters. The maximum atomic E-state index is 13.4. The highest BCUT2D eigenvalue weighted by molar-refractivity contribution is 7.99. The van der Waals surface area contributed by atoms with Gasteiger partial charge < -0.3 is 73.8 Å². The normalized spacial score (nSPS) is 10.5. The molecular formula is C86H82Cl2N12O18S4. The molecule has 632 valence electrons. The Kier molecular flexibility index (Phi) is 35.0. The SMILES string of the molecule is COc1ccccc1NC(=O)c1c(N)cccc1S(=O)(=O)c1ccc(C)cc1.COc1ccccc1NC(=O)c1c(N)cccc1Sc1ccc([N+](=O)[O-])cc1.COc1ccccc1NC(=O)c1c(NC(=O)CN)cccc1S(=O)(=O)c1ccc(C)cc1.COc1ccccc1NC(=O)c1c(NC(=O)CN)cccc1Sc1ccc([N+](=O)[O-])cc1.Cl.Cl. The Bertz CT molecular complexity index is 6020. The van der Waals surface area contributed by atoms with Gasteiger partial charge in [-0.1, -0.05) is 132 Å². The minimum atomic E-state index is -4.08. The Balaban J connectivity index is 0.000000223. The van der Waals surface area contributed by atoms with Gasteiger partial charge in [0.15, 0.2) is 0 Å². The molecule has 0 unspecified atom stereocenters. The van der Waals surface area contributed by atoms with E-state index in [0.717, 1.165) is 16.0 Å². The Morgan fingerprint density at radius 2 is 0.623 bits per heavy atom. The van der Waals surface area contributed by atoms with E-state index in [0.29, 0.717) is 77.4 Å². The zero-order valence-electron chi connectivity index (χ0n) is 65.8. The van der Waals surface area contributed by atoms with Gasteiger partial charge in [0, 0.05) is 55.2 Å². The number of rotatable bonds is 26. The average molecular weight is 1770 g/mol. The predicted molar refractivity (Wildman–Crippen MR) is 476 cm³/mol. The summed E-state index contributed by atoms with van der Waals surface area (Å²) in [6.07, 6.45) is 0. The number of anilines is 8. The first-order chi connectivity index (χ1) is 57.5. The third-order valence-electron chi connectivity index (χ3n) is 17.2. The summed E-state index contributed by atoms with van der Waals surface area (Å²) in [7, 11) is -2.06. The maximum Gasteiger partial charge on any atom is 0.269 e. The number of benzene rings is 12. The summed E-state index contributed by atoms with van der Waals surface area (Å²) in [4.78, 5) is 99.4. The van der Waals surface area contributed by atoms with Crippen molar-refractivity contribution < 1.29 is 74.4 Å². The lowest BCUT2D eigenvalue weighted by Gasteiger charge is -2.17. The monoisotopic (exact) mass is 1770 g/mol. The van der Waals surface area contributed by atoms with Crippen LogP contribution in [0.3, 0.4) is 0 Å². The fourth-order valence-electron chi connectivity index (χ4n) is 11.3. The Morgan fingerprint density at radius 3 is 0.975 bits per heavy atom. The van der Waals surface area contributed by atoms with Gasteiger partial charge in [0.25, 0.3) is 35.0 Å². The van der Waals surface area contributed by atoms with Crippen LogP contribution in [0.5, 0.6) is 23.0 Å². The topological polar surface area (TPSA) is 470 Å². The van der Waals surface area contributed by atoms with Crippen molar-refractivity contribution >= 4 is 160 Å². The largest absolute Gasteiger partial charge is 0.495 e. The van der Waals surface area contributed by atoms with E-state index in [4.69, 9.17) is 41.9 Å². The number of amides is 6. The number of halogens is 2. The molecule has 0 aliphatic heterocycles. The van der Waals surface area contributed by atoms with E-state index in [2.05, 4.69) is 31.9 Å². The van der Waals surface area contributed by atoms with Gasteiger partial charge in [-0.05, 0) is 159 Å². The third-order valence-corrected chi connectivity index (χ3v) is 23.0. The molecule has 0 radical (unpaired) electrons. The Hall–Kier alpha value is -13.8. The van der Waals surface area contributed by atoms with Crippen LogP contribution in [0, 0.1) is 34.1 Å². The smallest absolute Gasteiger partial charge is 0.269 e. The molecule has 0 saturated carbocycles. The van der Waals surface area contributed by atoms with E-state index >= 15 is 0 Å². The molecule has 0 aromatic heterocycles. The van der Waals surface area contributed by atoms with E-state index in [-0.39, 0.29) is 103 Å².